The average molecular weight is 249 g/mol. The van der Waals surface area contributed by atoms with E-state index >= 15 is 0 Å². The summed E-state index contributed by atoms with van der Waals surface area (Å²) in [5, 5.41) is 28.3. The first kappa shape index (κ1) is 16.7. The summed E-state index contributed by atoms with van der Waals surface area (Å²) < 4.78 is 0. The van der Waals surface area contributed by atoms with E-state index in [9.17, 15) is 10.2 Å². The zero-order valence-electron chi connectivity index (χ0n) is 10.4. The van der Waals surface area contributed by atoms with Crippen LogP contribution in [0.25, 0.3) is 0 Å². The van der Waals surface area contributed by atoms with Crippen LogP contribution in [0.3, 0.4) is 0 Å². The predicted molar refractivity (Wildman–Crippen MR) is 68.7 cm³/mol. The topological polar surface area (TPSA) is 129 Å². The lowest BCUT2D eigenvalue weighted by molar-refractivity contribution is 0.0213. The minimum Gasteiger partial charge on any atom is -0.389 e. The molecule has 0 radical (unpaired) electrons. The molecule has 0 aromatic carbocycles. The molecule has 104 valence electrons. The Kier molecular flexibility index (Phi) is 12.0. The average Bonchev–Trinajstić information content (AvgIpc) is 2.33. The Morgan fingerprint density at radius 3 is 1.65 bits per heavy atom. The van der Waals surface area contributed by atoms with Crippen molar-refractivity contribution in [1.82, 2.24) is 16.0 Å². The number of hydrogen-bond acceptors (Lipinski definition) is 7. The fourth-order valence-corrected chi connectivity index (χ4v) is 1.28. The highest BCUT2D eigenvalue weighted by atomic mass is 16.3. The molecule has 0 spiro atoms. The molecule has 2 atom stereocenters. The van der Waals surface area contributed by atoms with Gasteiger partial charge in [-0.2, -0.15) is 0 Å². The van der Waals surface area contributed by atoms with E-state index in [1.165, 1.54) is 0 Å². The Morgan fingerprint density at radius 1 is 0.706 bits per heavy atom. The van der Waals surface area contributed by atoms with Crippen LogP contribution in [-0.2, 0) is 0 Å². The summed E-state index contributed by atoms with van der Waals surface area (Å²) in [6, 6.07) is 0. The molecule has 0 amide bonds. The van der Waals surface area contributed by atoms with Gasteiger partial charge in [-0.1, -0.05) is 0 Å². The van der Waals surface area contributed by atoms with Gasteiger partial charge < -0.3 is 37.6 Å². The van der Waals surface area contributed by atoms with Crippen molar-refractivity contribution in [3.8, 4) is 0 Å². The standard InChI is InChI=1S/C10H27N5O2/c11-1-3-13-5-6-15-8-10(17)9(16)7-14-4-2-12/h9-10,13-17H,1-8,11-12H2. The number of nitrogens with two attached hydrogens (primary N) is 2. The van der Waals surface area contributed by atoms with Crippen molar-refractivity contribution in [2.75, 3.05) is 52.4 Å². The van der Waals surface area contributed by atoms with Gasteiger partial charge in [0.25, 0.3) is 0 Å². The molecule has 0 aliphatic heterocycles. The van der Waals surface area contributed by atoms with Crippen molar-refractivity contribution in [3.63, 3.8) is 0 Å². The van der Waals surface area contributed by atoms with E-state index in [0.717, 1.165) is 19.6 Å². The summed E-state index contributed by atoms with van der Waals surface area (Å²) in [4.78, 5) is 0. The van der Waals surface area contributed by atoms with Gasteiger partial charge in [0.05, 0.1) is 12.2 Å². The van der Waals surface area contributed by atoms with E-state index in [2.05, 4.69) is 16.0 Å². The van der Waals surface area contributed by atoms with Gasteiger partial charge in [-0.3, -0.25) is 0 Å². The van der Waals surface area contributed by atoms with Crippen LogP contribution in [0.5, 0.6) is 0 Å². The quantitative estimate of drug-likeness (QED) is 0.178. The van der Waals surface area contributed by atoms with E-state index in [1.807, 2.05) is 0 Å². The molecule has 2 unspecified atom stereocenters. The van der Waals surface area contributed by atoms with E-state index in [1.54, 1.807) is 0 Å². The molecule has 0 saturated heterocycles. The molecule has 0 saturated carbocycles. The second kappa shape index (κ2) is 12.2. The summed E-state index contributed by atoms with van der Waals surface area (Å²) in [7, 11) is 0. The first-order chi connectivity index (χ1) is 8.22. The molecule has 0 aromatic heterocycles. The van der Waals surface area contributed by atoms with E-state index in [4.69, 9.17) is 11.5 Å². The second-order valence-electron chi connectivity index (χ2n) is 3.87. The third-order valence-electron chi connectivity index (χ3n) is 2.27. The summed E-state index contributed by atoms with van der Waals surface area (Å²) in [5.41, 5.74) is 10.6. The molecule has 7 heteroatoms. The Balaban J connectivity index is 3.34. The van der Waals surface area contributed by atoms with Crippen molar-refractivity contribution in [2.45, 2.75) is 12.2 Å². The molecular weight excluding hydrogens is 222 g/mol. The first-order valence-corrected chi connectivity index (χ1v) is 6.10. The third-order valence-corrected chi connectivity index (χ3v) is 2.27. The van der Waals surface area contributed by atoms with Crippen LogP contribution in [-0.4, -0.2) is 74.8 Å². The van der Waals surface area contributed by atoms with E-state index in [0.29, 0.717) is 32.7 Å². The maximum Gasteiger partial charge on any atom is 0.0935 e. The van der Waals surface area contributed by atoms with Gasteiger partial charge in [-0.15, -0.1) is 0 Å². The van der Waals surface area contributed by atoms with Gasteiger partial charge in [-0.25, -0.2) is 0 Å². The highest BCUT2D eigenvalue weighted by molar-refractivity contribution is 4.72. The second-order valence-corrected chi connectivity index (χ2v) is 3.87. The number of aliphatic hydroxyl groups is 2. The molecule has 0 aromatic rings. The maximum atomic E-state index is 9.60. The third kappa shape index (κ3) is 10.6. The van der Waals surface area contributed by atoms with Gasteiger partial charge in [0, 0.05) is 52.4 Å². The first-order valence-electron chi connectivity index (χ1n) is 6.10. The van der Waals surface area contributed by atoms with Crippen LogP contribution >= 0.6 is 0 Å². The molecule has 0 bridgehead atoms. The van der Waals surface area contributed by atoms with Crippen molar-refractivity contribution in [3.05, 3.63) is 0 Å². The van der Waals surface area contributed by atoms with Crippen LogP contribution in [0.15, 0.2) is 0 Å². The van der Waals surface area contributed by atoms with Crippen molar-refractivity contribution in [2.24, 2.45) is 11.5 Å². The minimum absolute atomic E-state index is 0.353. The molecule has 0 heterocycles. The lowest BCUT2D eigenvalue weighted by Crippen LogP contribution is -2.44. The zero-order valence-corrected chi connectivity index (χ0v) is 10.4. The molecule has 0 rings (SSSR count). The fourth-order valence-electron chi connectivity index (χ4n) is 1.28. The lowest BCUT2D eigenvalue weighted by Gasteiger charge is -2.18. The molecule has 7 nitrogen and oxygen atoms in total. The van der Waals surface area contributed by atoms with Crippen LogP contribution < -0.4 is 27.4 Å². The smallest absolute Gasteiger partial charge is 0.0935 e. The van der Waals surface area contributed by atoms with Crippen LogP contribution in [0, 0.1) is 0 Å². The van der Waals surface area contributed by atoms with Crippen molar-refractivity contribution >= 4 is 0 Å². The van der Waals surface area contributed by atoms with Gasteiger partial charge in [0.2, 0.25) is 0 Å². The van der Waals surface area contributed by atoms with Crippen molar-refractivity contribution in [1.29, 1.82) is 0 Å². The summed E-state index contributed by atoms with van der Waals surface area (Å²) in [6.45, 7) is 4.82. The normalized spacial score (nSPS) is 14.8. The van der Waals surface area contributed by atoms with Gasteiger partial charge in [0.1, 0.15) is 0 Å². The van der Waals surface area contributed by atoms with E-state index in [-0.39, 0.29) is 0 Å². The van der Waals surface area contributed by atoms with Crippen molar-refractivity contribution < 1.29 is 10.2 Å². The molecule has 17 heavy (non-hydrogen) atoms. The molecule has 9 N–H and O–H groups in total. The largest absolute Gasteiger partial charge is 0.389 e. The highest BCUT2D eigenvalue weighted by Crippen LogP contribution is 1.90. The summed E-state index contributed by atoms with van der Waals surface area (Å²) >= 11 is 0. The fraction of sp³-hybridized carbons (Fsp3) is 1.00. The Bertz CT molecular complexity index is 162. The predicted octanol–water partition coefficient (Wildman–Crippen LogP) is -3.61. The Hall–Kier alpha value is -0.280. The van der Waals surface area contributed by atoms with Crippen LogP contribution in [0.2, 0.25) is 0 Å². The SMILES string of the molecule is NCCNCCNCC(O)C(O)CNCCN. The maximum absolute atomic E-state index is 9.60. The Labute approximate surface area is 103 Å². The van der Waals surface area contributed by atoms with Crippen LogP contribution in [0.1, 0.15) is 0 Å². The van der Waals surface area contributed by atoms with Gasteiger partial charge >= 0.3 is 0 Å². The zero-order chi connectivity index (χ0) is 12.9. The number of aliphatic hydroxyl groups excluding tert-OH is 2. The minimum atomic E-state index is -0.772. The summed E-state index contributed by atoms with van der Waals surface area (Å²) in [6.07, 6.45) is -1.54. The molecule has 0 aliphatic carbocycles. The number of hydrogen-bond donors (Lipinski definition) is 7. The number of nitrogens with one attached hydrogen (secondary N) is 3. The Morgan fingerprint density at radius 2 is 1.12 bits per heavy atom. The lowest BCUT2D eigenvalue weighted by atomic mass is 10.2. The summed E-state index contributed by atoms with van der Waals surface area (Å²) in [5.74, 6) is 0. The monoisotopic (exact) mass is 249 g/mol. The van der Waals surface area contributed by atoms with Gasteiger partial charge in [0.15, 0.2) is 0 Å². The van der Waals surface area contributed by atoms with Gasteiger partial charge in [-0.05, 0) is 0 Å². The molecular formula is C10H27N5O2. The number of rotatable bonds is 12. The molecule has 0 fully saturated rings. The van der Waals surface area contributed by atoms with E-state index < -0.39 is 12.2 Å². The van der Waals surface area contributed by atoms with Crippen LogP contribution in [0.4, 0.5) is 0 Å². The molecule has 0 aliphatic rings. The highest BCUT2D eigenvalue weighted by Gasteiger charge is 2.14.